The van der Waals surface area contributed by atoms with Gasteiger partial charge in [-0.25, -0.2) is 4.79 Å². The van der Waals surface area contributed by atoms with Crippen LogP contribution in [-0.4, -0.2) is 91.4 Å². The number of aromatic amines is 3. The molecule has 0 saturated carbocycles. The minimum Gasteiger partial charge on any atom is -0.480 e. The number of hydrogen-bond donors (Lipinski definition) is 11. The van der Waals surface area contributed by atoms with Crippen LogP contribution >= 0.6 is 25.3 Å². The van der Waals surface area contributed by atoms with Crippen molar-refractivity contribution in [1.82, 2.24) is 36.2 Å². The highest BCUT2D eigenvalue weighted by molar-refractivity contribution is 7.80. The second kappa shape index (κ2) is 17.6. The van der Waals surface area contributed by atoms with Crippen LogP contribution in [0.3, 0.4) is 0 Å². The molecule has 0 bridgehead atoms. The number of carboxylic acid groups (broad SMARTS) is 1. The van der Waals surface area contributed by atoms with Crippen LogP contribution in [0.5, 0.6) is 0 Å². The molecule has 6 aromatic rings. The molecule has 0 spiro atoms. The molecular formula is C39H42N8O6S2. The molecule has 0 aliphatic rings. The quantitative estimate of drug-likeness (QED) is 0.0619. The number of carbonyl (C=O) groups excluding carboxylic acids is 4. The Morgan fingerprint density at radius 3 is 1.18 bits per heavy atom. The molecule has 286 valence electrons. The van der Waals surface area contributed by atoms with Gasteiger partial charge in [-0.1, -0.05) is 54.6 Å². The molecule has 3 heterocycles. The summed E-state index contributed by atoms with van der Waals surface area (Å²) in [4.78, 5) is 77.0. The number of aliphatic carboxylic acids is 1. The molecule has 14 nitrogen and oxygen atoms in total. The molecule has 10 N–H and O–H groups in total. The van der Waals surface area contributed by atoms with Crippen molar-refractivity contribution in [1.29, 1.82) is 0 Å². The standard InChI is InChI=1S/C39H42N8O6S2/c40-27(19-54)35(48)44-31(13-21-16-41-28-10-4-1-7-24(21)28)36(49)45-32(14-22-17-42-29-11-5-2-8-25(22)29)37(50)46-33(38(51)47-34(20-55)39(52)53)15-23-18-43-30-12-6-3-9-26(23)30/h1-12,16-18,27,31-34,41-43,54-55H,13-15,19-20,40H2,(H,44,48)(H,45,49)(H,46,50)(H,47,51)(H,52,53)/t27-,31-,32-,33-,34-/m0/s1. The summed E-state index contributed by atoms with van der Waals surface area (Å²) in [5, 5.41) is 23.0. The Balaban J connectivity index is 1.33. The van der Waals surface area contributed by atoms with E-state index >= 15 is 0 Å². The van der Waals surface area contributed by atoms with Crippen LogP contribution in [0.15, 0.2) is 91.4 Å². The van der Waals surface area contributed by atoms with Gasteiger partial charge in [-0.3, -0.25) is 19.2 Å². The number of amides is 4. The van der Waals surface area contributed by atoms with Gasteiger partial charge < -0.3 is 47.1 Å². The Morgan fingerprint density at radius 2 is 0.855 bits per heavy atom. The lowest BCUT2D eigenvalue weighted by Crippen LogP contribution is -2.59. The average Bonchev–Trinajstić information content (AvgIpc) is 3.92. The highest BCUT2D eigenvalue weighted by Gasteiger charge is 2.33. The van der Waals surface area contributed by atoms with Gasteiger partial charge in [-0.15, -0.1) is 0 Å². The van der Waals surface area contributed by atoms with Crippen molar-refractivity contribution in [3.63, 3.8) is 0 Å². The first-order valence-corrected chi connectivity index (χ1v) is 18.9. The number of aromatic nitrogens is 3. The van der Waals surface area contributed by atoms with Crippen LogP contribution in [0.25, 0.3) is 32.7 Å². The molecule has 0 radical (unpaired) electrons. The number of carboxylic acids is 1. The normalized spacial score (nSPS) is 14.2. The second-order valence-electron chi connectivity index (χ2n) is 13.2. The van der Waals surface area contributed by atoms with Gasteiger partial charge in [0.25, 0.3) is 0 Å². The number of rotatable bonds is 17. The van der Waals surface area contributed by atoms with Crippen molar-refractivity contribution in [2.45, 2.75) is 49.5 Å². The first-order chi connectivity index (χ1) is 26.6. The van der Waals surface area contributed by atoms with Gasteiger partial charge in [-0.2, -0.15) is 25.3 Å². The Morgan fingerprint density at radius 1 is 0.527 bits per heavy atom. The van der Waals surface area contributed by atoms with Gasteiger partial charge in [0, 0.05) is 82.1 Å². The van der Waals surface area contributed by atoms with Gasteiger partial charge in [0.1, 0.15) is 24.2 Å². The highest BCUT2D eigenvalue weighted by atomic mass is 32.1. The Bertz CT molecular complexity index is 2340. The van der Waals surface area contributed by atoms with E-state index in [0.29, 0.717) is 11.1 Å². The lowest BCUT2D eigenvalue weighted by Gasteiger charge is -2.26. The number of nitrogens with one attached hydrogen (secondary N) is 7. The van der Waals surface area contributed by atoms with E-state index in [1.54, 1.807) is 18.6 Å². The van der Waals surface area contributed by atoms with Crippen LogP contribution < -0.4 is 27.0 Å². The summed E-state index contributed by atoms with van der Waals surface area (Å²) in [5.74, 6) is -4.15. The molecule has 0 fully saturated rings. The SMILES string of the molecule is N[C@@H](CS)C(=O)N[C@@H](Cc1c[nH]c2ccccc12)C(=O)N[C@@H](Cc1c[nH]c2ccccc12)C(=O)N[C@@H](Cc1c[nH]c2ccccc12)C(=O)N[C@@H](CS)C(=O)O. The molecule has 5 atom stereocenters. The topological polar surface area (TPSA) is 227 Å². The fourth-order valence-corrected chi connectivity index (χ4v) is 6.97. The average molecular weight is 783 g/mol. The van der Waals surface area contributed by atoms with Gasteiger partial charge in [0.05, 0.1) is 6.04 Å². The zero-order chi connectivity index (χ0) is 39.1. The Hall–Kier alpha value is -5.71. The van der Waals surface area contributed by atoms with Crippen molar-refractivity contribution in [3.8, 4) is 0 Å². The lowest BCUT2D eigenvalue weighted by molar-refractivity contribution is -0.141. The van der Waals surface area contributed by atoms with Gasteiger partial charge in [-0.05, 0) is 34.9 Å². The fourth-order valence-electron chi connectivity index (χ4n) is 6.55. The zero-order valence-electron chi connectivity index (χ0n) is 29.5. The lowest BCUT2D eigenvalue weighted by atomic mass is 10.00. The van der Waals surface area contributed by atoms with E-state index in [2.05, 4.69) is 61.5 Å². The summed E-state index contributed by atoms with van der Waals surface area (Å²) in [7, 11) is 0. The number of thiol groups is 2. The number of hydrogen-bond acceptors (Lipinski definition) is 8. The van der Waals surface area contributed by atoms with E-state index in [4.69, 9.17) is 5.73 Å². The van der Waals surface area contributed by atoms with E-state index in [9.17, 15) is 29.1 Å². The summed E-state index contributed by atoms with van der Waals surface area (Å²) in [6, 6.07) is 16.5. The van der Waals surface area contributed by atoms with Crippen LogP contribution in [0.1, 0.15) is 16.7 Å². The molecule has 0 aliphatic carbocycles. The molecular weight excluding hydrogens is 741 g/mol. The van der Waals surface area contributed by atoms with Crippen LogP contribution in [0.2, 0.25) is 0 Å². The van der Waals surface area contributed by atoms with Gasteiger partial charge in [0.15, 0.2) is 0 Å². The van der Waals surface area contributed by atoms with Crippen molar-refractivity contribution in [2.24, 2.45) is 5.73 Å². The number of fused-ring (bicyclic) bond motifs is 3. The van der Waals surface area contributed by atoms with Gasteiger partial charge >= 0.3 is 5.97 Å². The maximum atomic E-state index is 14.5. The van der Waals surface area contributed by atoms with E-state index in [1.807, 2.05) is 72.8 Å². The molecule has 16 heteroatoms. The summed E-state index contributed by atoms with van der Waals surface area (Å²) < 4.78 is 0. The Labute approximate surface area is 326 Å². The minimum atomic E-state index is -1.32. The van der Waals surface area contributed by atoms with Crippen molar-refractivity contribution in [2.75, 3.05) is 11.5 Å². The van der Waals surface area contributed by atoms with Gasteiger partial charge in [0.2, 0.25) is 23.6 Å². The van der Waals surface area contributed by atoms with Crippen molar-refractivity contribution < 1.29 is 29.1 Å². The Kier molecular flexibility index (Phi) is 12.5. The summed E-state index contributed by atoms with van der Waals surface area (Å²) in [5.41, 5.74) is 10.6. The van der Waals surface area contributed by atoms with E-state index in [1.165, 1.54) is 0 Å². The maximum Gasteiger partial charge on any atom is 0.327 e. The molecule has 6 rings (SSSR count). The third-order valence-corrected chi connectivity index (χ3v) is 10.3. The highest BCUT2D eigenvalue weighted by Crippen LogP contribution is 2.22. The third kappa shape index (κ3) is 9.16. The molecule has 0 aliphatic heterocycles. The first-order valence-electron chi connectivity index (χ1n) is 17.6. The fraction of sp³-hybridized carbons (Fsp3) is 0.256. The predicted octanol–water partition coefficient (Wildman–Crippen LogP) is 2.37. The molecule has 3 aromatic heterocycles. The first kappa shape index (κ1) is 39.0. The summed E-state index contributed by atoms with van der Waals surface area (Å²) in [6.45, 7) is 0. The van der Waals surface area contributed by atoms with E-state index in [-0.39, 0.29) is 30.8 Å². The summed E-state index contributed by atoms with van der Waals surface area (Å²) in [6.07, 6.45) is 5.29. The van der Waals surface area contributed by atoms with Crippen LogP contribution in [-0.2, 0) is 43.2 Å². The number of carbonyl (C=O) groups is 5. The molecule has 0 saturated heterocycles. The maximum absolute atomic E-state index is 14.5. The molecule has 3 aromatic carbocycles. The predicted molar refractivity (Wildman–Crippen MR) is 217 cm³/mol. The largest absolute Gasteiger partial charge is 0.480 e. The molecule has 0 unspecified atom stereocenters. The molecule has 4 amide bonds. The van der Waals surface area contributed by atoms with E-state index < -0.39 is 59.8 Å². The van der Waals surface area contributed by atoms with E-state index in [0.717, 1.165) is 38.3 Å². The zero-order valence-corrected chi connectivity index (χ0v) is 31.3. The third-order valence-electron chi connectivity index (χ3n) is 9.53. The molecule has 55 heavy (non-hydrogen) atoms. The number of nitrogens with two attached hydrogens (primary N) is 1. The monoisotopic (exact) mass is 782 g/mol. The van der Waals surface area contributed by atoms with Crippen molar-refractivity contribution >= 4 is 87.6 Å². The van der Waals surface area contributed by atoms with Crippen LogP contribution in [0.4, 0.5) is 0 Å². The number of H-pyrrole nitrogens is 3. The minimum absolute atomic E-state index is 0.00130. The second-order valence-corrected chi connectivity index (χ2v) is 14.0. The summed E-state index contributed by atoms with van der Waals surface area (Å²) >= 11 is 8.23. The van der Waals surface area contributed by atoms with Crippen molar-refractivity contribution in [3.05, 3.63) is 108 Å². The number of para-hydroxylation sites is 3. The number of benzene rings is 3. The smallest absolute Gasteiger partial charge is 0.327 e. The van der Waals surface area contributed by atoms with Crippen LogP contribution in [0, 0.1) is 0 Å².